The molecule has 0 radical (unpaired) electrons. The first-order chi connectivity index (χ1) is 18.1. The Hall–Kier alpha value is -3.34. The van der Waals surface area contributed by atoms with E-state index in [0.717, 1.165) is 33.5 Å². The zero-order valence-electron chi connectivity index (χ0n) is 20.1. The molecule has 1 N–H and O–H groups in total. The Kier molecular flexibility index (Phi) is 6.86. The van der Waals surface area contributed by atoms with E-state index in [2.05, 4.69) is 81.9 Å². The first-order valence-electron chi connectivity index (χ1n) is 12.5. The van der Waals surface area contributed by atoms with Gasteiger partial charge in [0.1, 0.15) is 12.4 Å². The number of aliphatic imine (C=N–C) groups is 1. The van der Waals surface area contributed by atoms with Crippen LogP contribution in [0.3, 0.4) is 0 Å². The van der Waals surface area contributed by atoms with E-state index in [0.29, 0.717) is 29.5 Å². The number of para-hydroxylation sites is 1. The van der Waals surface area contributed by atoms with E-state index in [1.54, 1.807) is 0 Å². The molecule has 4 aromatic rings. The molecule has 4 aromatic carbocycles. The molecule has 0 amide bonds. The van der Waals surface area contributed by atoms with Crippen LogP contribution in [0.4, 0.5) is 11.4 Å². The van der Waals surface area contributed by atoms with Crippen molar-refractivity contribution in [3.05, 3.63) is 135 Å². The van der Waals surface area contributed by atoms with Crippen LogP contribution in [0.25, 0.3) is 0 Å². The SMILES string of the molecule is Clc1cccc(COc2ccc(C=Nc3ccc([C@@H]4Nc5ccccc5[C@H]5C=CC[C@@H]54)cc3)cc2Br)c1. The van der Waals surface area contributed by atoms with Gasteiger partial charge in [-0.15, -0.1) is 0 Å². The summed E-state index contributed by atoms with van der Waals surface area (Å²) in [5, 5.41) is 4.50. The summed E-state index contributed by atoms with van der Waals surface area (Å²) in [7, 11) is 0. The highest BCUT2D eigenvalue weighted by Gasteiger charge is 2.37. The van der Waals surface area contributed by atoms with Gasteiger partial charge in [-0.2, -0.15) is 0 Å². The van der Waals surface area contributed by atoms with Gasteiger partial charge in [-0.1, -0.05) is 66.2 Å². The lowest BCUT2D eigenvalue weighted by Gasteiger charge is -2.37. The van der Waals surface area contributed by atoms with E-state index in [1.807, 2.05) is 48.7 Å². The van der Waals surface area contributed by atoms with E-state index < -0.39 is 0 Å². The predicted molar refractivity (Wildman–Crippen MR) is 156 cm³/mol. The van der Waals surface area contributed by atoms with Gasteiger partial charge in [0.2, 0.25) is 0 Å². The first kappa shape index (κ1) is 24.0. The molecule has 184 valence electrons. The minimum Gasteiger partial charge on any atom is -0.488 e. The lowest BCUT2D eigenvalue weighted by atomic mass is 9.77. The topological polar surface area (TPSA) is 33.6 Å². The number of rotatable bonds is 6. The number of allylic oxidation sites excluding steroid dienone is 2. The highest BCUT2D eigenvalue weighted by Crippen LogP contribution is 2.49. The Morgan fingerprint density at radius 2 is 1.84 bits per heavy atom. The molecule has 0 bridgehead atoms. The molecule has 0 spiro atoms. The summed E-state index contributed by atoms with van der Waals surface area (Å²) in [6.07, 6.45) is 7.69. The lowest BCUT2D eigenvalue weighted by Crippen LogP contribution is -2.28. The van der Waals surface area contributed by atoms with Crippen LogP contribution in [-0.4, -0.2) is 6.21 Å². The van der Waals surface area contributed by atoms with Gasteiger partial charge in [0.25, 0.3) is 0 Å². The molecule has 0 saturated carbocycles. The fraction of sp³-hybridized carbons (Fsp3) is 0.156. The Labute approximate surface area is 231 Å². The average Bonchev–Trinajstić information content (AvgIpc) is 3.42. The minimum absolute atomic E-state index is 0.295. The summed E-state index contributed by atoms with van der Waals surface area (Å²) in [4.78, 5) is 4.71. The Balaban J connectivity index is 1.12. The number of hydrogen-bond donors (Lipinski definition) is 1. The van der Waals surface area contributed by atoms with Crippen molar-refractivity contribution in [3.63, 3.8) is 0 Å². The summed E-state index contributed by atoms with van der Waals surface area (Å²) in [6.45, 7) is 0.456. The number of nitrogens with one attached hydrogen (secondary N) is 1. The molecule has 1 aliphatic heterocycles. The molecule has 1 heterocycles. The molecule has 37 heavy (non-hydrogen) atoms. The maximum Gasteiger partial charge on any atom is 0.134 e. The third kappa shape index (κ3) is 5.22. The van der Waals surface area contributed by atoms with Crippen LogP contribution in [0, 0.1) is 5.92 Å². The van der Waals surface area contributed by atoms with Crippen molar-refractivity contribution < 1.29 is 4.74 Å². The van der Waals surface area contributed by atoms with Crippen LogP contribution in [0.2, 0.25) is 5.02 Å². The smallest absolute Gasteiger partial charge is 0.134 e. The predicted octanol–water partition coefficient (Wildman–Crippen LogP) is 9.26. The molecule has 0 fully saturated rings. The number of ether oxygens (including phenoxy) is 1. The molecular weight excluding hydrogens is 544 g/mol. The fourth-order valence-corrected chi connectivity index (χ4v) is 6.02. The van der Waals surface area contributed by atoms with E-state index in [-0.39, 0.29) is 0 Å². The second-order valence-electron chi connectivity index (χ2n) is 9.52. The van der Waals surface area contributed by atoms with E-state index >= 15 is 0 Å². The zero-order chi connectivity index (χ0) is 25.2. The normalized spacial score (nSPS) is 19.9. The highest BCUT2D eigenvalue weighted by molar-refractivity contribution is 9.10. The van der Waals surface area contributed by atoms with Crippen LogP contribution in [0.5, 0.6) is 5.75 Å². The van der Waals surface area contributed by atoms with Crippen molar-refractivity contribution in [2.45, 2.75) is 25.0 Å². The summed E-state index contributed by atoms with van der Waals surface area (Å²) in [5.74, 6) is 1.81. The Bertz CT molecular complexity index is 1480. The number of anilines is 1. The molecule has 5 heteroatoms. The van der Waals surface area contributed by atoms with Crippen LogP contribution in [0.1, 0.15) is 40.6 Å². The van der Waals surface area contributed by atoms with Crippen LogP contribution in [0.15, 0.2) is 113 Å². The summed E-state index contributed by atoms with van der Waals surface area (Å²) in [5.41, 5.74) is 6.91. The number of nitrogens with zero attached hydrogens (tertiary/aromatic N) is 1. The lowest BCUT2D eigenvalue weighted by molar-refractivity contribution is 0.304. The number of hydrogen-bond acceptors (Lipinski definition) is 3. The third-order valence-corrected chi connectivity index (χ3v) is 7.98. The monoisotopic (exact) mass is 568 g/mol. The molecule has 6 rings (SSSR count). The van der Waals surface area contributed by atoms with Crippen molar-refractivity contribution in [2.75, 3.05) is 5.32 Å². The van der Waals surface area contributed by atoms with Crippen LogP contribution in [-0.2, 0) is 6.61 Å². The molecule has 0 aromatic heterocycles. The van der Waals surface area contributed by atoms with E-state index in [4.69, 9.17) is 21.3 Å². The number of benzene rings is 4. The second-order valence-corrected chi connectivity index (χ2v) is 10.8. The van der Waals surface area contributed by atoms with E-state index in [9.17, 15) is 0 Å². The third-order valence-electron chi connectivity index (χ3n) is 7.13. The van der Waals surface area contributed by atoms with Gasteiger partial charge in [0.15, 0.2) is 0 Å². The van der Waals surface area contributed by atoms with Gasteiger partial charge < -0.3 is 10.1 Å². The maximum atomic E-state index is 6.07. The van der Waals surface area contributed by atoms with Crippen LogP contribution < -0.4 is 10.1 Å². The molecule has 3 atom stereocenters. The van der Waals surface area contributed by atoms with Gasteiger partial charge in [0.05, 0.1) is 16.2 Å². The summed E-state index contributed by atoms with van der Waals surface area (Å²) < 4.78 is 6.84. The number of fused-ring (bicyclic) bond motifs is 3. The van der Waals surface area contributed by atoms with Gasteiger partial charge in [-0.3, -0.25) is 4.99 Å². The van der Waals surface area contributed by atoms with Gasteiger partial charge >= 0.3 is 0 Å². The molecule has 0 unspecified atom stereocenters. The van der Waals surface area contributed by atoms with E-state index in [1.165, 1.54) is 16.8 Å². The largest absolute Gasteiger partial charge is 0.488 e. The maximum absolute atomic E-state index is 6.07. The molecule has 2 aliphatic rings. The van der Waals surface area contributed by atoms with Crippen LogP contribution >= 0.6 is 27.5 Å². The van der Waals surface area contributed by atoms with Crippen molar-refractivity contribution in [3.8, 4) is 5.75 Å². The summed E-state index contributed by atoms with van der Waals surface area (Å²) in [6, 6.07) is 31.3. The first-order valence-corrected chi connectivity index (χ1v) is 13.6. The van der Waals surface area contributed by atoms with Gasteiger partial charge in [-0.25, -0.2) is 0 Å². The average molecular weight is 570 g/mol. The highest BCUT2D eigenvalue weighted by atomic mass is 79.9. The minimum atomic E-state index is 0.295. The standard InChI is InChI=1S/C32H26BrClN2O/c33-29-18-21(11-16-31(29)37-20-22-5-3-6-24(34)17-22)19-35-25-14-12-23(13-15-25)32-28-9-4-8-26(28)27-7-1-2-10-30(27)36-32/h1-8,10-19,26,28,32,36H,9,20H2/t26-,28+,32+/m1/s1. The molecule has 0 saturated heterocycles. The summed E-state index contributed by atoms with van der Waals surface area (Å²) >= 11 is 9.69. The van der Waals surface area contributed by atoms with Crippen molar-refractivity contribution in [2.24, 2.45) is 10.9 Å². The van der Waals surface area contributed by atoms with Gasteiger partial charge in [0, 0.05) is 22.8 Å². The fourth-order valence-electron chi connectivity index (χ4n) is 5.29. The quantitative estimate of drug-likeness (QED) is 0.185. The second kappa shape index (κ2) is 10.6. The van der Waals surface area contributed by atoms with Crippen molar-refractivity contribution >= 4 is 45.1 Å². The Morgan fingerprint density at radius 3 is 2.68 bits per heavy atom. The van der Waals surface area contributed by atoms with Crippen molar-refractivity contribution in [1.29, 1.82) is 0 Å². The molecule has 1 aliphatic carbocycles. The Morgan fingerprint density at radius 1 is 0.973 bits per heavy atom. The van der Waals surface area contributed by atoms with Gasteiger partial charge in [-0.05, 0) is 99.1 Å². The number of halogens is 2. The van der Waals surface area contributed by atoms with Crippen molar-refractivity contribution in [1.82, 2.24) is 0 Å². The zero-order valence-corrected chi connectivity index (χ0v) is 22.5. The molecular formula is C32H26BrClN2O. The molecule has 3 nitrogen and oxygen atoms in total.